The Hall–Kier alpha value is -2.63. The van der Waals surface area contributed by atoms with Crippen molar-refractivity contribution in [2.45, 2.75) is 44.2 Å². The fraction of sp³-hybridized carbons (Fsp3) is 0.464. The molecule has 0 radical (unpaired) electrons. The molecule has 0 aliphatic carbocycles. The van der Waals surface area contributed by atoms with Gasteiger partial charge in [0.1, 0.15) is 6.29 Å². The zero-order chi connectivity index (χ0) is 22.5. The summed E-state index contributed by atoms with van der Waals surface area (Å²) in [6, 6.07) is 19.1. The number of piperazine rings is 1. The fourth-order valence-electron chi connectivity index (χ4n) is 5.73. The monoisotopic (exact) mass is 444 g/mol. The lowest BCUT2D eigenvalue weighted by atomic mass is 9.94. The Morgan fingerprint density at radius 1 is 0.788 bits per heavy atom. The van der Waals surface area contributed by atoms with Crippen LogP contribution in [0.15, 0.2) is 60.8 Å². The van der Waals surface area contributed by atoms with Gasteiger partial charge in [-0.25, -0.2) is 0 Å². The smallest absolute Gasteiger partial charge is 0.127 e. The number of aromatic nitrogens is 1. The molecule has 5 nitrogen and oxygen atoms in total. The molecule has 2 aliphatic rings. The van der Waals surface area contributed by atoms with E-state index in [1.54, 1.807) is 0 Å². The number of hydrogen-bond donors (Lipinski definition) is 1. The van der Waals surface area contributed by atoms with E-state index < -0.39 is 0 Å². The maximum absolute atomic E-state index is 12.2. The number of fused-ring (bicyclic) bond motifs is 1. The summed E-state index contributed by atoms with van der Waals surface area (Å²) < 4.78 is 0. The van der Waals surface area contributed by atoms with Crippen molar-refractivity contribution in [3.05, 3.63) is 66.4 Å². The summed E-state index contributed by atoms with van der Waals surface area (Å²) in [5.41, 5.74) is 3.67. The maximum Gasteiger partial charge on any atom is 0.127 e. The SMILES string of the molecule is O=CC(CC(N1CCCCCC1)N1CCN(c2cccc3[nH]ccc23)CC1)c1ccccc1. The van der Waals surface area contributed by atoms with Gasteiger partial charge in [0.05, 0.1) is 6.17 Å². The molecule has 0 saturated carbocycles. The molecule has 174 valence electrons. The number of nitrogens with zero attached hydrogens (tertiary/aromatic N) is 3. The Morgan fingerprint density at radius 3 is 2.24 bits per heavy atom. The highest BCUT2D eigenvalue weighted by molar-refractivity contribution is 5.92. The molecular weight excluding hydrogens is 408 g/mol. The molecule has 2 fully saturated rings. The topological polar surface area (TPSA) is 42.6 Å². The molecule has 2 aromatic carbocycles. The lowest BCUT2D eigenvalue weighted by Gasteiger charge is -2.45. The second kappa shape index (κ2) is 10.5. The van der Waals surface area contributed by atoms with Crippen LogP contribution in [0.2, 0.25) is 0 Å². The van der Waals surface area contributed by atoms with Crippen LogP contribution in [0.25, 0.3) is 10.9 Å². The van der Waals surface area contributed by atoms with Crippen molar-refractivity contribution >= 4 is 22.9 Å². The first kappa shape index (κ1) is 22.2. The van der Waals surface area contributed by atoms with Crippen LogP contribution in [0, 0.1) is 0 Å². The number of aromatic amines is 1. The molecule has 5 heteroatoms. The summed E-state index contributed by atoms with van der Waals surface area (Å²) in [4.78, 5) is 23.4. The van der Waals surface area contributed by atoms with Gasteiger partial charge in [0.2, 0.25) is 0 Å². The van der Waals surface area contributed by atoms with Gasteiger partial charge in [-0.05, 0) is 56.1 Å². The van der Waals surface area contributed by atoms with Crippen LogP contribution >= 0.6 is 0 Å². The fourth-order valence-corrected chi connectivity index (χ4v) is 5.73. The number of benzene rings is 2. The van der Waals surface area contributed by atoms with Crippen LogP contribution < -0.4 is 4.90 Å². The van der Waals surface area contributed by atoms with Crippen molar-refractivity contribution in [2.24, 2.45) is 0 Å². The summed E-state index contributed by atoms with van der Waals surface area (Å²) in [6.07, 6.45) is 9.59. The first-order valence-corrected chi connectivity index (χ1v) is 12.6. The number of anilines is 1. The zero-order valence-electron chi connectivity index (χ0n) is 19.5. The van der Waals surface area contributed by atoms with E-state index in [4.69, 9.17) is 0 Å². The lowest BCUT2D eigenvalue weighted by Crippen LogP contribution is -2.56. The van der Waals surface area contributed by atoms with E-state index in [-0.39, 0.29) is 5.92 Å². The first-order valence-electron chi connectivity index (χ1n) is 12.6. The third-order valence-electron chi connectivity index (χ3n) is 7.57. The van der Waals surface area contributed by atoms with E-state index in [9.17, 15) is 4.79 Å². The van der Waals surface area contributed by atoms with E-state index in [0.29, 0.717) is 6.17 Å². The molecule has 2 aliphatic heterocycles. The van der Waals surface area contributed by atoms with Gasteiger partial charge < -0.3 is 14.7 Å². The molecule has 0 bridgehead atoms. The number of likely N-dealkylation sites (tertiary alicyclic amines) is 1. The Morgan fingerprint density at radius 2 is 1.52 bits per heavy atom. The van der Waals surface area contributed by atoms with E-state index in [2.05, 4.69) is 56.1 Å². The molecule has 2 atom stereocenters. The molecule has 1 N–H and O–H groups in total. The number of H-pyrrole nitrogens is 1. The standard InChI is InChI=1S/C28H36N4O/c33-22-24(23-9-4-3-5-10-23)21-28(31-15-6-1-2-7-16-31)32-19-17-30(18-20-32)27-12-8-11-26-25(27)13-14-29-26/h3-5,8-14,22,24,28-29H,1-2,6-7,15-21H2. The third kappa shape index (κ3) is 4.99. The molecule has 1 aromatic heterocycles. The average molecular weight is 445 g/mol. The van der Waals surface area contributed by atoms with Crippen LogP contribution in [-0.4, -0.2) is 66.5 Å². The van der Waals surface area contributed by atoms with Crippen LogP contribution in [0.5, 0.6) is 0 Å². The van der Waals surface area contributed by atoms with Gasteiger partial charge in [-0.3, -0.25) is 9.80 Å². The minimum absolute atomic E-state index is 0.0499. The molecule has 5 rings (SSSR count). The molecular formula is C28H36N4O. The Balaban J connectivity index is 1.33. The highest BCUT2D eigenvalue weighted by Crippen LogP contribution is 2.30. The summed E-state index contributed by atoms with van der Waals surface area (Å²) in [5, 5.41) is 1.31. The van der Waals surface area contributed by atoms with Gasteiger partial charge in [0.25, 0.3) is 0 Å². The van der Waals surface area contributed by atoms with Crippen molar-refractivity contribution in [3.63, 3.8) is 0 Å². The van der Waals surface area contributed by atoms with Crippen molar-refractivity contribution in [3.8, 4) is 0 Å². The molecule has 3 aromatic rings. The minimum atomic E-state index is -0.0499. The predicted molar refractivity (Wildman–Crippen MR) is 136 cm³/mol. The van der Waals surface area contributed by atoms with Crippen molar-refractivity contribution in [1.82, 2.24) is 14.8 Å². The molecule has 2 saturated heterocycles. The van der Waals surface area contributed by atoms with Gasteiger partial charge in [-0.1, -0.05) is 49.2 Å². The molecule has 33 heavy (non-hydrogen) atoms. The molecule has 0 amide bonds. The van der Waals surface area contributed by atoms with Crippen molar-refractivity contribution < 1.29 is 4.79 Å². The summed E-state index contributed by atoms with van der Waals surface area (Å²) >= 11 is 0. The van der Waals surface area contributed by atoms with Crippen molar-refractivity contribution in [1.29, 1.82) is 0 Å². The number of carbonyl (C=O) groups is 1. The first-order chi connectivity index (χ1) is 16.3. The Kier molecular flexibility index (Phi) is 7.08. The van der Waals surface area contributed by atoms with Gasteiger partial charge in [-0.15, -0.1) is 0 Å². The molecule has 3 heterocycles. The van der Waals surface area contributed by atoms with Crippen LogP contribution in [0.3, 0.4) is 0 Å². The van der Waals surface area contributed by atoms with E-state index >= 15 is 0 Å². The number of carbonyl (C=O) groups excluding carboxylic acids is 1. The highest BCUT2D eigenvalue weighted by atomic mass is 16.1. The van der Waals surface area contributed by atoms with Gasteiger partial charge in [0.15, 0.2) is 0 Å². The van der Waals surface area contributed by atoms with E-state index in [1.807, 2.05) is 24.4 Å². The van der Waals surface area contributed by atoms with E-state index in [1.165, 1.54) is 48.6 Å². The van der Waals surface area contributed by atoms with Crippen LogP contribution in [0.4, 0.5) is 5.69 Å². The summed E-state index contributed by atoms with van der Waals surface area (Å²) in [5.74, 6) is -0.0499. The number of aldehydes is 1. The maximum atomic E-state index is 12.2. The normalized spacial score (nSPS) is 20.4. The van der Waals surface area contributed by atoms with Crippen LogP contribution in [-0.2, 0) is 4.79 Å². The zero-order valence-corrected chi connectivity index (χ0v) is 19.5. The quantitative estimate of drug-likeness (QED) is 0.528. The summed E-state index contributed by atoms with van der Waals surface area (Å²) in [7, 11) is 0. The average Bonchev–Trinajstić information content (AvgIpc) is 3.20. The van der Waals surface area contributed by atoms with E-state index in [0.717, 1.165) is 51.3 Å². The van der Waals surface area contributed by atoms with Crippen molar-refractivity contribution in [2.75, 3.05) is 44.2 Å². The second-order valence-electron chi connectivity index (χ2n) is 9.56. The Labute approximate surface area is 197 Å². The number of hydrogen-bond acceptors (Lipinski definition) is 4. The molecule has 0 spiro atoms. The van der Waals surface area contributed by atoms with Gasteiger partial charge in [0, 0.05) is 54.9 Å². The Bertz CT molecular complexity index is 1020. The second-order valence-corrected chi connectivity index (χ2v) is 9.56. The predicted octanol–water partition coefficient (Wildman–Crippen LogP) is 4.86. The third-order valence-corrected chi connectivity index (χ3v) is 7.57. The largest absolute Gasteiger partial charge is 0.368 e. The summed E-state index contributed by atoms with van der Waals surface area (Å²) in [6.45, 7) is 6.39. The number of nitrogens with one attached hydrogen (secondary N) is 1. The minimum Gasteiger partial charge on any atom is -0.368 e. The lowest BCUT2D eigenvalue weighted by molar-refractivity contribution is -0.110. The van der Waals surface area contributed by atoms with Gasteiger partial charge >= 0.3 is 0 Å². The number of rotatable bonds is 7. The van der Waals surface area contributed by atoms with Gasteiger partial charge in [-0.2, -0.15) is 0 Å². The molecule has 2 unspecified atom stereocenters. The van der Waals surface area contributed by atoms with Crippen LogP contribution in [0.1, 0.15) is 43.6 Å². The highest BCUT2D eigenvalue weighted by Gasteiger charge is 2.31.